The molecule has 0 saturated heterocycles. The number of imidazole rings is 1. The van der Waals surface area contributed by atoms with Gasteiger partial charge in [0.05, 0.1) is 17.1 Å². The van der Waals surface area contributed by atoms with Gasteiger partial charge in [-0.1, -0.05) is 19.4 Å². The van der Waals surface area contributed by atoms with E-state index in [0.717, 1.165) is 30.7 Å². The Morgan fingerprint density at radius 1 is 1.53 bits per heavy atom. The summed E-state index contributed by atoms with van der Waals surface area (Å²) in [7, 11) is 0. The van der Waals surface area contributed by atoms with Crippen LogP contribution >= 0.6 is 0 Å². The molecule has 0 spiro atoms. The molecule has 4 N–H and O–H groups in total. The van der Waals surface area contributed by atoms with Gasteiger partial charge in [0, 0.05) is 0 Å². The van der Waals surface area contributed by atoms with Gasteiger partial charge in [0.1, 0.15) is 11.3 Å². The second kappa shape index (κ2) is 5.84. The fourth-order valence-corrected chi connectivity index (χ4v) is 2.05. The lowest BCUT2D eigenvalue weighted by Crippen LogP contribution is -2.20. The van der Waals surface area contributed by atoms with Crippen LogP contribution in [0.25, 0.3) is 11.0 Å². The summed E-state index contributed by atoms with van der Waals surface area (Å²) in [5, 5.41) is 3.40. The molecule has 102 valence electrons. The van der Waals surface area contributed by atoms with Crippen molar-refractivity contribution in [2.45, 2.75) is 32.7 Å². The number of primary amides is 1. The van der Waals surface area contributed by atoms with E-state index in [0.29, 0.717) is 11.1 Å². The summed E-state index contributed by atoms with van der Waals surface area (Å²) in [5.74, 6) is 0.384. The Morgan fingerprint density at radius 3 is 3.00 bits per heavy atom. The van der Waals surface area contributed by atoms with Crippen molar-refractivity contribution in [1.29, 1.82) is 0 Å². The molecule has 0 saturated carbocycles. The number of aromatic amines is 1. The molecule has 0 aliphatic rings. The minimum atomic E-state index is -0.449. The van der Waals surface area contributed by atoms with E-state index in [1.165, 1.54) is 0 Å². The average molecular weight is 260 g/mol. The van der Waals surface area contributed by atoms with Crippen LogP contribution in [0.5, 0.6) is 0 Å². The summed E-state index contributed by atoms with van der Waals surface area (Å²) in [5.41, 5.74) is 7.30. The normalized spacial score (nSPS) is 12.7. The number of amides is 1. The average Bonchev–Trinajstić information content (AvgIpc) is 2.82. The van der Waals surface area contributed by atoms with Crippen LogP contribution in [0.15, 0.2) is 18.2 Å². The first-order chi connectivity index (χ1) is 9.13. The minimum absolute atomic E-state index is 0.125. The molecular formula is C14H20N4O. The van der Waals surface area contributed by atoms with Crippen molar-refractivity contribution in [3.8, 4) is 0 Å². The van der Waals surface area contributed by atoms with Gasteiger partial charge in [-0.05, 0) is 32.0 Å². The number of fused-ring (bicyclic) bond motifs is 1. The summed E-state index contributed by atoms with van der Waals surface area (Å²) in [6.45, 7) is 5.17. The molecule has 1 heterocycles. The molecule has 0 aliphatic heterocycles. The van der Waals surface area contributed by atoms with Crippen molar-refractivity contribution in [3.63, 3.8) is 0 Å². The first kappa shape index (κ1) is 13.5. The standard InChI is InChI=1S/C14H20N4O/c1-3-4-8-16-9(2)14-17-11-7-5-6-10(13(15)19)12(11)18-14/h5-7,9,16H,3-4,8H2,1-2H3,(H2,15,19)(H,17,18). The lowest BCUT2D eigenvalue weighted by Gasteiger charge is -2.10. The van der Waals surface area contributed by atoms with Crippen molar-refractivity contribution >= 4 is 16.9 Å². The molecule has 0 fully saturated rings. The zero-order valence-electron chi connectivity index (χ0n) is 11.4. The van der Waals surface area contributed by atoms with Crippen molar-refractivity contribution < 1.29 is 4.79 Å². The Morgan fingerprint density at radius 2 is 2.32 bits per heavy atom. The summed E-state index contributed by atoms with van der Waals surface area (Å²) in [6, 6.07) is 5.53. The van der Waals surface area contributed by atoms with Gasteiger partial charge in [0.2, 0.25) is 0 Å². The fraction of sp³-hybridized carbons (Fsp3) is 0.429. The predicted octanol–water partition coefficient (Wildman–Crippen LogP) is 2.11. The number of aromatic nitrogens is 2. The number of nitrogens with one attached hydrogen (secondary N) is 2. The predicted molar refractivity (Wildman–Crippen MR) is 75.9 cm³/mol. The number of hydrogen-bond acceptors (Lipinski definition) is 3. The van der Waals surface area contributed by atoms with E-state index in [9.17, 15) is 4.79 Å². The third-order valence-corrected chi connectivity index (χ3v) is 3.19. The van der Waals surface area contributed by atoms with E-state index in [1.807, 2.05) is 6.07 Å². The van der Waals surface area contributed by atoms with Gasteiger partial charge in [-0.15, -0.1) is 0 Å². The molecule has 1 aromatic heterocycles. The Bertz CT molecular complexity index is 576. The molecule has 0 radical (unpaired) electrons. The molecule has 1 amide bonds. The maximum absolute atomic E-state index is 11.4. The number of unbranched alkanes of at least 4 members (excludes halogenated alkanes) is 1. The second-order valence-electron chi connectivity index (χ2n) is 4.72. The van der Waals surface area contributed by atoms with Crippen molar-refractivity contribution in [2.75, 3.05) is 6.54 Å². The maximum atomic E-state index is 11.4. The Kier molecular flexibility index (Phi) is 4.16. The number of carbonyl (C=O) groups is 1. The maximum Gasteiger partial charge on any atom is 0.250 e. The van der Waals surface area contributed by atoms with E-state index in [-0.39, 0.29) is 6.04 Å². The zero-order chi connectivity index (χ0) is 13.8. The van der Waals surface area contributed by atoms with Gasteiger partial charge >= 0.3 is 0 Å². The highest BCUT2D eigenvalue weighted by atomic mass is 16.1. The van der Waals surface area contributed by atoms with E-state index < -0.39 is 5.91 Å². The number of carbonyl (C=O) groups excluding carboxylic acids is 1. The third-order valence-electron chi connectivity index (χ3n) is 3.19. The summed E-state index contributed by atoms with van der Waals surface area (Å²) >= 11 is 0. The van der Waals surface area contributed by atoms with Crippen LogP contribution in [-0.4, -0.2) is 22.4 Å². The summed E-state index contributed by atoms with van der Waals surface area (Å²) in [6.07, 6.45) is 2.29. The topological polar surface area (TPSA) is 83.8 Å². The molecule has 2 aromatic rings. The molecule has 1 aromatic carbocycles. The smallest absolute Gasteiger partial charge is 0.250 e. The van der Waals surface area contributed by atoms with Gasteiger partial charge in [0.25, 0.3) is 5.91 Å². The van der Waals surface area contributed by atoms with Gasteiger partial charge in [0.15, 0.2) is 0 Å². The molecule has 5 heteroatoms. The molecule has 0 bridgehead atoms. The number of nitrogens with zero attached hydrogens (tertiary/aromatic N) is 1. The van der Waals surface area contributed by atoms with E-state index >= 15 is 0 Å². The second-order valence-corrected chi connectivity index (χ2v) is 4.72. The molecule has 1 atom stereocenters. The van der Waals surface area contributed by atoms with Crippen molar-refractivity contribution in [2.24, 2.45) is 5.73 Å². The summed E-state index contributed by atoms with van der Waals surface area (Å²) < 4.78 is 0. The monoisotopic (exact) mass is 260 g/mol. The number of nitrogens with two attached hydrogens (primary N) is 1. The van der Waals surface area contributed by atoms with Crippen molar-refractivity contribution in [1.82, 2.24) is 15.3 Å². The number of rotatable bonds is 6. The number of para-hydroxylation sites is 1. The van der Waals surface area contributed by atoms with Crippen molar-refractivity contribution in [3.05, 3.63) is 29.6 Å². The van der Waals surface area contributed by atoms with Crippen LogP contribution in [0.3, 0.4) is 0 Å². The minimum Gasteiger partial charge on any atom is -0.366 e. The number of H-pyrrole nitrogens is 1. The Balaban J connectivity index is 2.26. The van der Waals surface area contributed by atoms with Crippen LogP contribution in [0.2, 0.25) is 0 Å². The van der Waals surface area contributed by atoms with Gasteiger partial charge in [-0.25, -0.2) is 4.98 Å². The lowest BCUT2D eigenvalue weighted by molar-refractivity contribution is 0.100. The summed E-state index contributed by atoms with van der Waals surface area (Å²) in [4.78, 5) is 19.1. The van der Waals surface area contributed by atoms with Gasteiger partial charge in [-0.2, -0.15) is 0 Å². The quantitative estimate of drug-likeness (QED) is 0.695. The highest BCUT2D eigenvalue weighted by Gasteiger charge is 2.14. The van der Waals surface area contributed by atoms with Gasteiger partial charge < -0.3 is 16.0 Å². The highest BCUT2D eigenvalue weighted by molar-refractivity contribution is 6.04. The molecule has 1 unspecified atom stereocenters. The van der Waals surface area contributed by atoms with Crippen LogP contribution in [0.1, 0.15) is 48.9 Å². The molecule has 0 aliphatic carbocycles. The van der Waals surface area contributed by atoms with E-state index in [2.05, 4.69) is 29.1 Å². The SMILES string of the molecule is CCCCNC(C)c1nc2c(C(N)=O)cccc2[nH]1. The van der Waals surface area contributed by atoms with Crippen LogP contribution in [0, 0.1) is 0 Å². The lowest BCUT2D eigenvalue weighted by atomic mass is 10.2. The third kappa shape index (κ3) is 2.93. The van der Waals surface area contributed by atoms with E-state index in [4.69, 9.17) is 5.73 Å². The molecule has 19 heavy (non-hydrogen) atoms. The number of hydrogen-bond donors (Lipinski definition) is 3. The van der Waals surface area contributed by atoms with Crippen LogP contribution in [0.4, 0.5) is 0 Å². The molecular weight excluding hydrogens is 240 g/mol. The fourth-order valence-electron chi connectivity index (χ4n) is 2.05. The van der Waals surface area contributed by atoms with E-state index in [1.54, 1.807) is 12.1 Å². The Hall–Kier alpha value is -1.88. The largest absolute Gasteiger partial charge is 0.366 e. The Labute approximate surface area is 112 Å². The van der Waals surface area contributed by atoms with Crippen LogP contribution in [-0.2, 0) is 0 Å². The molecule has 2 rings (SSSR count). The molecule has 5 nitrogen and oxygen atoms in total. The zero-order valence-corrected chi connectivity index (χ0v) is 11.4. The van der Waals surface area contributed by atoms with Gasteiger partial charge in [-0.3, -0.25) is 4.79 Å². The van der Waals surface area contributed by atoms with Crippen LogP contribution < -0.4 is 11.1 Å². The first-order valence-electron chi connectivity index (χ1n) is 6.65. The highest BCUT2D eigenvalue weighted by Crippen LogP contribution is 2.19. The number of benzene rings is 1. The first-order valence-corrected chi connectivity index (χ1v) is 6.65.